The highest BCUT2D eigenvalue weighted by atomic mass is 16.6. The first-order valence-corrected chi connectivity index (χ1v) is 16.6. The van der Waals surface area contributed by atoms with E-state index < -0.39 is 87.8 Å². The second-order valence-corrected chi connectivity index (χ2v) is 14.9. The number of ketones is 1. The van der Waals surface area contributed by atoms with Crippen molar-refractivity contribution in [3.05, 3.63) is 82.9 Å². The van der Waals surface area contributed by atoms with Crippen molar-refractivity contribution in [2.45, 2.75) is 101 Å². The number of rotatable bonds is 6. The van der Waals surface area contributed by atoms with Gasteiger partial charge in [0.25, 0.3) is 5.91 Å². The molecule has 2 aromatic carbocycles. The summed E-state index contributed by atoms with van der Waals surface area (Å²) in [5, 5.41) is 74.6. The highest BCUT2D eigenvalue weighted by Crippen LogP contribution is 2.66. The summed E-state index contributed by atoms with van der Waals surface area (Å²) >= 11 is 0. The maximum atomic E-state index is 14.3. The van der Waals surface area contributed by atoms with Crippen LogP contribution in [0.25, 0.3) is 0 Å². The Morgan fingerprint density at radius 3 is 2.12 bits per heavy atom. The molecule has 7 N–H and O–H groups in total. The number of fused-ring (bicyclic) bond motifs is 5. The van der Waals surface area contributed by atoms with Crippen LogP contribution < -0.4 is 5.32 Å². The van der Waals surface area contributed by atoms with Crippen LogP contribution in [0.1, 0.15) is 69.4 Å². The number of hydrogen-bond donors (Lipinski definition) is 7. The zero-order chi connectivity index (χ0) is 35.9. The van der Waals surface area contributed by atoms with E-state index in [-0.39, 0.29) is 30.6 Å². The van der Waals surface area contributed by atoms with E-state index in [1.54, 1.807) is 81.4 Å². The predicted molar refractivity (Wildman–Crippen MR) is 174 cm³/mol. The largest absolute Gasteiger partial charge is 0.456 e. The molecule has 2 bridgehead atoms. The van der Waals surface area contributed by atoms with Gasteiger partial charge in [-0.15, -0.1) is 0 Å². The molecule has 1 saturated heterocycles. The Bertz CT molecular complexity index is 1680. The van der Waals surface area contributed by atoms with Crippen LogP contribution in [-0.2, 0) is 19.1 Å². The van der Waals surface area contributed by atoms with Gasteiger partial charge in [0.05, 0.1) is 35.9 Å². The molecule has 3 fully saturated rings. The van der Waals surface area contributed by atoms with Crippen molar-refractivity contribution in [1.29, 1.82) is 0 Å². The quantitative estimate of drug-likeness (QED) is 0.170. The van der Waals surface area contributed by atoms with Crippen LogP contribution in [-0.4, -0.2) is 102 Å². The summed E-state index contributed by atoms with van der Waals surface area (Å²) in [4.78, 5) is 41.3. The number of Topliss-reactive ketones (excluding diaryl/α,β-unsaturated/α-hetero) is 1. The summed E-state index contributed by atoms with van der Waals surface area (Å²) < 4.78 is 11.4. The second-order valence-electron chi connectivity index (χ2n) is 14.9. The lowest BCUT2D eigenvalue weighted by Crippen LogP contribution is -2.88. The summed E-state index contributed by atoms with van der Waals surface area (Å²) in [5.41, 5.74) is -9.19. The molecule has 2 aromatic rings. The lowest BCUT2D eigenvalue weighted by molar-refractivity contribution is -0.394. The Morgan fingerprint density at radius 1 is 0.959 bits per heavy atom. The van der Waals surface area contributed by atoms with Crippen LogP contribution in [0.4, 0.5) is 0 Å². The lowest BCUT2D eigenvalue weighted by Gasteiger charge is -2.71. The maximum absolute atomic E-state index is 14.3. The molecule has 11 atom stereocenters. The standard InChI is InChI=1S/C37H45NO11/c1-19-23(49-32(44)29(41)27(21-12-8-6-9-13-21)38-31(43)22-14-10-7-11-15-22)17-35(45)20(2)37(47)34(5,24(39)16-25-36(37,46)18-48-25)30(42)28(40)26(19)33(35,3)4/h6-15,20,23-25,27-29,39-41,45-47H,16-18H2,1-5H3,(H,38,43)/t20-,23?,24?,25?,27?,28?,29?,34+,35?,36?,37?/m1/s1. The Kier molecular flexibility index (Phi) is 8.51. The van der Waals surface area contributed by atoms with Gasteiger partial charge in [0.2, 0.25) is 0 Å². The third-order valence-corrected chi connectivity index (χ3v) is 12.4. The number of hydrogen-bond acceptors (Lipinski definition) is 11. The van der Waals surface area contributed by atoms with Gasteiger partial charge in [0.1, 0.15) is 23.4 Å². The molecule has 264 valence electrons. The molecule has 1 heterocycles. The number of carbonyl (C=O) groups excluding carboxylic acids is 3. The molecule has 6 rings (SSSR count). The van der Waals surface area contributed by atoms with Gasteiger partial charge in [-0.25, -0.2) is 4.79 Å². The summed E-state index contributed by atoms with van der Waals surface area (Å²) in [6.45, 7) is 7.13. The lowest BCUT2D eigenvalue weighted by atomic mass is 9.40. The summed E-state index contributed by atoms with van der Waals surface area (Å²) in [5.74, 6) is -4.02. The summed E-state index contributed by atoms with van der Waals surface area (Å²) in [6.07, 6.45) is -8.34. The van der Waals surface area contributed by atoms with Gasteiger partial charge in [-0.2, -0.15) is 0 Å². The fraction of sp³-hybridized carbons (Fsp3) is 0.541. The molecule has 1 amide bonds. The second kappa shape index (κ2) is 11.8. The van der Waals surface area contributed by atoms with Gasteiger partial charge in [-0.05, 0) is 42.7 Å². The molecule has 1 aliphatic heterocycles. The number of amides is 1. The minimum atomic E-state index is -2.50. The highest BCUT2D eigenvalue weighted by Gasteiger charge is 2.81. The number of esters is 1. The molecule has 0 radical (unpaired) electrons. The molecule has 12 nitrogen and oxygen atoms in total. The first-order chi connectivity index (χ1) is 22.9. The van der Waals surface area contributed by atoms with Gasteiger partial charge < -0.3 is 45.4 Å². The molecule has 9 unspecified atom stereocenters. The molecule has 0 spiro atoms. The zero-order valence-electron chi connectivity index (χ0n) is 28.2. The highest BCUT2D eigenvalue weighted by molar-refractivity contribution is 5.95. The number of ether oxygens (including phenoxy) is 2. The van der Waals surface area contributed by atoms with Crippen molar-refractivity contribution in [2.75, 3.05) is 6.61 Å². The molecule has 49 heavy (non-hydrogen) atoms. The van der Waals surface area contributed by atoms with Crippen LogP contribution in [0.5, 0.6) is 0 Å². The van der Waals surface area contributed by atoms with E-state index in [0.29, 0.717) is 11.1 Å². The normalized spacial score (nSPS) is 39.2. The van der Waals surface area contributed by atoms with Crippen LogP contribution in [0.15, 0.2) is 71.8 Å². The first kappa shape index (κ1) is 35.3. The molecule has 3 aliphatic carbocycles. The van der Waals surface area contributed by atoms with Crippen molar-refractivity contribution in [3.8, 4) is 0 Å². The fourth-order valence-corrected chi connectivity index (χ4v) is 9.22. The number of benzene rings is 2. The number of aliphatic hydroxyl groups is 6. The number of nitrogens with one attached hydrogen (secondary N) is 1. The van der Waals surface area contributed by atoms with Gasteiger partial charge >= 0.3 is 5.97 Å². The monoisotopic (exact) mass is 679 g/mol. The van der Waals surface area contributed by atoms with E-state index >= 15 is 0 Å². The topological polar surface area (TPSA) is 203 Å². The van der Waals surface area contributed by atoms with Gasteiger partial charge in [0.15, 0.2) is 11.9 Å². The molecular formula is C37H45NO11. The van der Waals surface area contributed by atoms with Crippen molar-refractivity contribution in [3.63, 3.8) is 0 Å². The molecule has 4 aliphatic rings. The van der Waals surface area contributed by atoms with Crippen molar-refractivity contribution in [2.24, 2.45) is 16.7 Å². The van der Waals surface area contributed by atoms with E-state index in [2.05, 4.69) is 5.32 Å². The Balaban J connectivity index is 1.39. The van der Waals surface area contributed by atoms with E-state index in [9.17, 15) is 45.0 Å². The van der Waals surface area contributed by atoms with Gasteiger partial charge in [-0.1, -0.05) is 69.3 Å². The minimum Gasteiger partial charge on any atom is -0.456 e. The van der Waals surface area contributed by atoms with Crippen LogP contribution >= 0.6 is 0 Å². The van der Waals surface area contributed by atoms with E-state index in [4.69, 9.17) is 9.47 Å². The van der Waals surface area contributed by atoms with Gasteiger partial charge in [-0.3, -0.25) is 9.59 Å². The Labute approximate surface area is 284 Å². The van der Waals surface area contributed by atoms with Gasteiger partial charge in [0, 0.05) is 29.7 Å². The molecule has 0 aromatic heterocycles. The number of aliphatic hydroxyl groups excluding tert-OH is 3. The van der Waals surface area contributed by atoms with Crippen LogP contribution in [0, 0.1) is 16.7 Å². The van der Waals surface area contributed by atoms with E-state index in [1.807, 2.05) is 0 Å². The van der Waals surface area contributed by atoms with Crippen LogP contribution in [0.3, 0.4) is 0 Å². The third kappa shape index (κ3) is 4.72. The van der Waals surface area contributed by atoms with Crippen molar-refractivity contribution < 1.29 is 54.5 Å². The minimum absolute atomic E-state index is 0.0387. The average molecular weight is 680 g/mol. The zero-order valence-corrected chi connectivity index (χ0v) is 28.2. The van der Waals surface area contributed by atoms with Crippen LogP contribution in [0.2, 0.25) is 0 Å². The SMILES string of the molecule is CC1=C2C(O)C(=O)[C@]3(C)C(O)CC4OCC4(O)C3(O)[C@H](C)C(O)(CC1OC(=O)C(O)C(NC(=O)c1ccccc1)c1ccccc1)C2(C)C. The van der Waals surface area contributed by atoms with E-state index in [1.165, 1.54) is 13.8 Å². The molecule has 12 heteroatoms. The van der Waals surface area contributed by atoms with E-state index in [0.717, 1.165) is 0 Å². The predicted octanol–water partition coefficient (Wildman–Crippen LogP) is 1.12. The summed E-state index contributed by atoms with van der Waals surface area (Å²) in [7, 11) is 0. The van der Waals surface area contributed by atoms with Crippen molar-refractivity contribution in [1.82, 2.24) is 5.32 Å². The average Bonchev–Trinajstić information content (AvgIpc) is 3.08. The number of carbonyl (C=O) groups is 3. The maximum Gasteiger partial charge on any atom is 0.338 e. The fourth-order valence-electron chi connectivity index (χ4n) is 9.22. The summed E-state index contributed by atoms with van der Waals surface area (Å²) in [6, 6.07) is 15.4. The third-order valence-electron chi connectivity index (χ3n) is 12.4. The molecular weight excluding hydrogens is 634 g/mol. The van der Waals surface area contributed by atoms with Crippen molar-refractivity contribution >= 4 is 17.7 Å². The first-order valence-electron chi connectivity index (χ1n) is 16.6. The Morgan fingerprint density at radius 2 is 1.55 bits per heavy atom. The molecule has 2 saturated carbocycles. The Hall–Kier alpha value is -3.49. The smallest absolute Gasteiger partial charge is 0.338 e.